The van der Waals surface area contributed by atoms with E-state index in [2.05, 4.69) is 24.5 Å². The molecule has 0 aromatic heterocycles. The maximum Gasteiger partial charge on any atom is 0.185 e. The summed E-state index contributed by atoms with van der Waals surface area (Å²) in [6.07, 6.45) is 1.41. The number of hydrogen-bond donors (Lipinski definition) is 3. The Labute approximate surface area is 163 Å². The number of phenolic OH excluding ortho intramolecular Hbond substituents is 1. The molecule has 136 valence electrons. The first kappa shape index (κ1) is 17.4. The fourth-order valence-electron chi connectivity index (χ4n) is 4.16. The summed E-state index contributed by atoms with van der Waals surface area (Å²) in [5.74, 6) is 0.876. The Morgan fingerprint density at radius 2 is 1.92 bits per heavy atom. The maximum absolute atomic E-state index is 9.98. The summed E-state index contributed by atoms with van der Waals surface area (Å²) in [7, 11) is 0. The third kappa shape index (κ3) is 3.10. The smallest absolute Gasteiger partial charge is 0.185 e. The summed E-state index contributed by atoms with van der Waals surface area (Å²) in [6.45, 7) is 4.21. The highest BCUT2D eigenvalue weighted by molar-refractivity contribution is 7.80. The molecule has 0 aliphatic carbocycles. The largest absolute Gasteiger partial charge is 0.508 e. The van der Waals surface area contributed by atoms with Crippen LogP contribution in [0.15, 0.2) is 42.5 Å². The zero-order valence-electron chi connectivity index (χ0n) is 14.7. The van der Waals surface area contributed by atoms with E-state index in [9.17, 15) is 5.11 Å². The summed E-state index contributed by atoms with van der Waals surface area (Å²) < 4.78 is 6.40. The van der Waals surface area contributed by atoms with Crippen LogP contribution < -0.4 is 15.4 Å². The Bertz CT molecular complexity index is 886. The van der Waals surface area contributed by atoms with Crippen LogP contribution in [0.5, 0.6) is 11.5 Å². The zero-order valence-corrected chi connectivity index (χ0v) is 16.2. The first-order valence-corrected chi connectivity index (χ1v) is 9.42. The molecular weight excluding hydrogens is 368 g/mol. The van der Waals surface area contributed by atoms with Gasteiger partial charge < -0.3 is 20.5 Å². The lowest BCUT2D eigenvalue weighted by molar-refractivity contribution is -0.0128. The normalized spacial score (nSPS) is 26.4. The van der Waals surface area contributed by atoms with Gasteiger partial charge in [-0.25, -0.2) is 0 Å². The minimum absolute atomic E-state index is 0.0391. The third-order valence-corrected chi connectivity index (χ3v) is 5.56. The highest BCUT2D eigenvalue weighted by atomic mass is 35.5. The van der Waals surface area contributed by atoms with E-state index in [1.54, 1.807) is 12.1 Å². The van der Waals surface area contributed by atoms with E-state index in [1.807, 2.05) is 30.3 Å². The molecule has 0 bridgehead atoms. The lowest BCUT2D eigenvalue weighted by atomic mass is 9.77. The van der Waals surface area contributed by atoms with Crippen LogP contribution in [0, 0.1) is 0 Å². The van der Waals surface area contributed by atoms with Crippen molar-refractivity contribution < 1.29 is 9.84 Å². The number of phenols is 1. The van der Waals surface area contributed by atoms with Gasteiger partial charge in [0.1, 0.15) is 11.5 Å². The second kappa shape index (κ2) is 6.03. The summed E-state index contributed by atoms with van der Waals surface area (Å²) in [5.41, 5.74) is 1.21. The van der Waals surface area contributed by atoms with Crippen LogP contribution in [0.1, 0.15) is 43.7 Å². The summed E-state index contributed by atoms with van der Waals surface area (Å²) in [5, 5.41) is 17.9. The Morgan fingerprint density at radius 1 is 1.15 bits per heavy atom. The van der Waals surface area contributed by atoms with E-state index in [1.165, 1.54) is 0 Å². The fraction of sp³-hybridized carbons (Fsp3) is 0.350. The van der Waals surface area contributed by atoms with Crippen molar-refractivity contribution in [2.24, 2.45) is 0 Å². The van der Waals surface area contributed by atoms with Gasteiger partial charge >= 0.3 is 0 Å². The van der Waals surface area contributed by atoms with Gasteiger partial charge in [0, 0.05) is 41.0 Å². The molecule has 0 amide bonds. The summed E-state index contributed by atoms with van der Waals surface area (Å²) in [4.78, 5) is 0. The molecule has 4 rings (SSSR count). The minimum atomic E-state index is -0.656. The highest BCUT2D eigenvalue weighted by Crippen LogP contribution is 2.48. The second-order valence-electron chi connectivity index (χ2n) is 7.74. The van der Waals surface area contributed by atoms with E-state index in [4.69, 9.17) is 28.6 Å². The van der Waals surface area contributed by atoms with Crippen molar-refractivity contribution in [2.75, 3.05) is 0 Å². The van der Waals surface area contributed by atoms with Gasteiger partial charge in [-0.2, -0.15) is 0 Å². The molecule has 2 aliphatic heterocycles. The molecular formula is C20H21ClN2O2S. The molecule has 1 spiro atoms. The van der Waals surface area contributed by atoms with Crippen molar-refractivity contribution in [3.63, 3.8) is 0 Å². The Morgan fingerprint density at radius 3 is 2.65 bits per heavy atom. The molecule has 6 heteroatoms. The van der Waals surface area contributed by atoms with E-state index < -0.39 is 5.72 Å². The van der Waals surface area contributed by atoms with Crippen molar-refractivity contribution in [1.29, 1.82) is 0 Å². The number of nitrogens with one attached hydrogen (secondary N) is 2. The van der Waals surface area contributed by atoms with Crippen LogP contribution >= 0.6 is 23.8 Å². The number of fused-ring (bicyclic) bond motifs is 1. The molecule has 26 heavy (non-hydrogen) atoms. The standard InChI is InChI=1S/C20H21ClN2O2S/c1-19(2)11-20(23-18(26)22-19)10-15(13-5-3-4-6-16(13)21)14-8-7-12(24)9-17(14)25-20/h3-9,15,24H,10-11H2,1-2H3,(H2,22,23,26)/t15-,20-/m1/s1. The SMILES string of the molecule is CC1(C)C[C@]2(C[C@H](c3ccccc3Cl)c3ccc(O)cc3O2)NC(=S)N1. The number of rotatable bonds is 1. The van der Waals surface area contributed by atoms with Crippen LogP contribution in [0.3, 0.4) is 0 Å². The number of hydrogen-bond acceptors (Lipinski definition) is 3. The summed E-state index contributed by atoms with van der Waals surface area (Å²) in [6, 6.07) is 13.1. The quantitative estimate of drug-likeness (QED) is 0.636. The van der Waals surface area contributed by atoms with Crippen molar-refractivity contribution >= 4 is 28.9 Å². The molecule has 0 unspecified atom stereocenters. The zero-order chi connectivity index (χ0) is 18.5. The second-order valence-corrected chi connectivity index (χ2v) is 8.55. The maximum atomic E-state index is 9.98. The number of aromatic hydroxyl groups is 1. The van der Waals surface area contributed by atoms with Crippen LogP contribution in [-0.2, 0) is 0 Å². The van der Waals surface area contributed by atoms with Gasteiger partial charge in [-0.1, -0.05) is 35.9 Å². The molecule has 4 nitrogen and oxygen atoms in total. The van der Waals surface area contributed by atoms with Crippen LogP contribution in [0.25, 0.3) is 0 Å². The minimum Gasteiger partial charge on any atom is -0.508 e. The van der Waals surface area contributed by atoms with Crippen molar-refractivity contribution in [3.8, 4) is 11.5 Å². The van der Waals surface area contributed by atoms with Crippen LogP contribution in [0.4, 0.5) is 0 Å². The first-order chi connectivity index (χ1) is 12.3. The van der Waals surface area contributed by atoms with E-state index in [-0.39, 0.29) is 17.2 Å². The topological polar surface area (TPSA) is 53.5 Å². The first-order valence-electron chi connectivity index (χ1n) is 8.64. The van der Waals surface area contributed by atoms with Gasteiger partial charge in [-0.15, -0.1) is 0 Å². The van der Waals surface area contributed by atoms with E-state index in [0.29, 0.717) is 17.3 Å². The number of halogens is 1. The van der Waals surface area contributed by atoms with Crippen LogP contribution in [-0.4, -0.2) is 21.5 Å². The third-order valence-electron chi connectivity index (χ3n) is 5.01. The molecule has 2 atom stereocenters. The van der Waals surface area contributed by atoms with Crippen LogP contribution in [0.2, 0.25) is 5.02 Å². The molecule has 0 radical (unpaired) electrons. The van der Waals surface area contributed by atoms with E-state index in [0.717, 1.165) is 22.6 Å². The summed E-state index contributed by atoms with van der Waals surface area (Å²) >= 11 is 12.0. The van der Waals surface area contributed by atoms with Crippen molar-refractivity contribution in [2.45, 2.75) is 43.9 Å². The van der Waals surface area contributed by atoms with Gasteiger partial charge in [0.15, 0.2) is 10.8 Å². The molecule has 1 saturated heterocycles. The molecule has 2 aromatic carbocycles. The van der Waals surface area contributed by atoms with E-state index >= 15 is 0 Å². The lowest BCUT2D eigenvalue weighted by Crippen LogP contribution is -2.69. The predicted octanol–water partition coefficient (Wildman–Crippen LogP) is 4.30. The molecule has 2 heterocycles. The Balaban J connectivity index is 1.84. The van der Waals surface area contributed by atoms with Gasteiger partial charge in [0.25, 0.3) is 0 Å². The molecule has 2 aliphatic rings. The van der Waals surface area contributed by atoms with Crippen molar-refractivity contribution in [3.05, 3.63) is 58.6 Å². The van der Waals surface area contributed by atoms with Gasteiger partial charge in [0.05, 0.1) is 0 Å². The Hall–Kier alpha value is -1.98. The Kier molecular flexibility index (Phi) is 4.04. The molecule has 1 fully saturated rings. The molecule has 3 N–H and O–H groups in total. The highest BCUT2D eigenvalue weighted by Gasteiger charge is 2.48. The predicted molar refractivity (Wildman–Crippen MR) is 107 cm³/mol. The van der Waals surface area contributed by atoms with Crippen molar-refractivity contribution in [1.82, 2.24) is 10.6 Å². The lowest BCUT2D eigenvalue weighted by Gasteiger charge is -2.50. The fourth-order valence-corrected chi connectivity index (χ4v) is 4.89. The monoisotopic (exact) mass is 388 g/mol. The van der Waals surface area contributed by atoms with Gasteiger partial charge in [-0.05, 0) is 43.8 Å². The average molecular weight is 389 g/mol. The number of thiocarbonyl (C=S) groups is 1. The van der Waals surface area contributed by atoms with Gasteiger partial charge in [-0.3, -0.25) is 0 Å². The molecule has 0 saturated carbocycles. The number of benzene rings is 2. The average Bonchev–Trinajstić information content (AvgIpc) is 2.52. The van der Waals surface area contributed by atoms with Gasteiger partial charge in [0.2, 0.25) is 0 Å². The number of ether oxygens (including phenoxy) is 1. The molecule has 2 aromatic rings.